The molecule has 9 heteroatoms. The van der Waals surface area contributed by atoms with E-state index in [4.69, 9.17) is 34.8 Å². The zero-order valence-electron chi connectivity index (χ0n) is 15.9. The standard InChI is InChI=1S/C21H15Cl3N2O4/c1-3-26-10(2)17(11-4-7-14(23)16(9-11)25-30)20(27)18(21(28)29)19(26)12-5-6-13(22)15(24)8-12/h4-9H,3H2,1-2H3,(H,28,29)/p+1. The third kappa shape index (κ3) is 3.74. The lowest BCUT2D eigenvalue weighted by molar-refractivity contribution is -0.379. The van der Waals surface area contributed by atoms with Gasteiger partial charge in [0.15, 0.2) is 0 Å². The van der Waals surface area contributed by atoms with Crippen LogP contribution in [0.2, 0.25) is 15.1 Å². The molecule has 0 unspecified atom stereocenters. The Morgan fingerprint density at radius 1 is 1.03 bits per heavy atom. The van der Waals surface area contributed by atoms with Crippen molar-refractivity contribution in [1.29, 1.82) is 0 Å². The predicted molar refractivity (Wildman–Crippen MR) is 118 cm³/mol. The van der Waals surface area contributed by atoms with Crippen LogP contribution in [0.25, 0.3) is 22.4 Å². The minimum atomic E-state index is -1.37. The minimum absolute atomic E-state index is 0.0847. The Morgan fingerprint density at radius 3 is 2.23 bits per heavy atom. The van der Waals surface area contributed by atoms with Crippen LogP contribution >= 0.6 is 34.8 Å². The molecule has 2 N–H and O–H groups in total. The fraction of sp³-hybridized carbons (Fsp3) is 0.143. The van der Waals surface area contributed by atoms with Crippen molar-refractivity contribution < 1.29 is 15.1 Å². The number of carboxylic acid groups (broad SMARTS) is 1. The minimum Gasteiger partial charge on any atom is -0.477 e. The molecular weight excluding hydrogens is 451 g/mol. The number of hydrogen-bond donors (Lipinski definition) is 2. The summed E-state index contributed by atoms with van der Waals surface area (Å²) in [4.78, 5) is 36.7. The van der Waals surface area contributed by atoms with Crippen LogP contribution in [0.15, 0.2) is 41.2 Å². The highest BCUT2D eigenvalue weighted by molar-refractivity contribution is 6.42. The Balaban J connectivity index is 2.45. The number of benzene rings is 2. The fourth-order valence-electron chi connectivity index (χ4n) is 3.47. The van der Waals surface area contributed by atoms with E-state index >= 15 is 0 Å². The third-order valence-electron chi connectivity index (χ3n) is 4.82. The van der Waals surface area contributed by atoms with Gasteiger partial charge in [0.1, 0.15) is 10.6 Å². The number of pyridine rings is 1. The van der Waals surface area contributed by atoms with E-state index in [1.807, 2.05) is 6.92 Å². The molecule has 2 aromatic carbocycles. The van der Waals surface area contributed by atoms with Gasteiger partial charge in [0.05, 0.1) is 15.7 Å². The molecule has 0 fully saturated rings. The summed E-state index contributed by atoms with van der Waals surface area (Å²) in [7, 11) is 0. The Hall–Kier alpha value is -2.67. The van der Waals surface area contributed by atoms with Gasteiger partial charge in [-0.05, 0) is 37.6 Å². The molecule has 3 aromatic rings. The number of nitrogens with one attached hydrogen (secondary N) is 1. The fourth-order valence-corrected chi connectivity index (χ4v) is 3.92. The van der Waals surface area contributed by atoms with E-state index in [-0.39, 0.29) is 27.0 Å². The maximum absolute atomic E-state index is 13.3. The van der Waals surface area contributed by atoms with Crippen molar-refractivity contribution in [2.45, 2.75) is 20.4 Å². The highest BCUT2D eigenvalue weighted by Crippen LogP contribution is 2.34. The highest BCUT2D eigenvalue weighted by Gasteiger charge is 2.26. The zero-order valence-corrected chi connectivity index (χ0v) is 18.2. The first-order chi connectivity index (χ1) is 14.2. The van der Waals surface area contributed by atoms with Gasteiger partial charge in [-0.1, -0.05) is 46.9 Å². The first-order valence-corrected chi connectivity index (χ1v) is 9.98. The summed E-state index contributed by atoms with van der Waals surface area (Å²) < 4.78 is 1.72. The van der Waals surface area contributed by atoms with Gasteiger partial charge in [-0.15, -0.1) is 0 Å². The number of nitroso groups, excluding NO2 is 1. The van der Waals surface area contributed by atoms with E-state index in [9.17, 15) is 19.6 Å². The molecule has 0 amide bonds. The number of aromatic carboxylic acids is 1. The lowest BCUT2D eigenvalue weighted by Gasteiger charge is -2.21. The van der Waals surface area contributed by atoms with E-state index in [0.717, 1.165) is 0 Å². The molecule has 3 rings (SSSR count). The molecule has 0 bridgehead atoms. The molecule has 1 aromatic heterocycles. The van der Waals surface area contributed by atoms with Crippen LogP contribution in [0.1, 0.15) is 23.0 Å². The average Bonchev–Trinajstić information content (AvgIpc) is 2.70. The predicted octanol–water partition coefficient (Wildman–Crippen LogP) is 4.65. The van der Waals surface area contributed by atoms with E-state index in [1.165, 1.54) is 18.2 Å². The van der Waals surface area contributed by atoms with Gasteiger partial charge in [-0.25, -0.2) is 4.79 Å². The second kappa shape index (κ2) is 8.60. The average molecular weight is 467 g/mol. The monoisotopic (exact) mass is 465 g/mol. The first kappa shape index (κ1) is 22.0. The molecule has 0 saturated carbocycles. The summed E-state index contributed by atoms with van der Waals surface area (Å²) >= 11 is 18.1. The van der Waals surface area contributed by atoms with E-state index in [1.54, 1.807) is 34.9 Å². The van der Waals surface area contributed by atoms with Crippen molar-refractivity contribution in [3.63, 3.8) is 0 Å². The Morgan fingerprint density at radius 2 is 1.67 bits per heavy atom. The molecule has 1 heterocycles. The molecule has 154 valence electrons. The molecule has 0 spiro atoms. The lowest BCUT2D eigenvalue weighted by Crippen LogP contribution is -2.55. The number of hydrogen-bond acceptors (Lipinski definition) is 3. The summed E-state index contributed by atoms with van der Waals surface area (Å²) in [5.74, 6) is -1.37. The van der Waals surface area contributed by atoms with Gasteiger partial charge < -0.3 is 9.67 Å². The number of halogens is 3. The van der Waals surface area contributed by atoms with Crippen LogP contribution < -0.4 is 10.6 Å². The first-order valence-electron chi connectivity index (χ1n) is 8.85. The van der Waals surface area contributed by atoms with Crippen molar-refractivity contribution in [3.8, 4) is 22.4 Å². The Labute approximate surface area is 186 Å². The van der Waals surface area contributed by atoms with E-state index in [2.05, 4.69) is 0 Å². The van der Waals surface area contributed by atoms with Crippen LogP contribution in [0, 0.1) is 11.8 Å². The van der Waals surface area contributed by atoms with Crippen molar-refractivity contribution in [1.82, 2.24) is 4.57 Å². The number of nitrogens with zero attached hydrogens (tertiary/aromatic N) is 1. The molecule has 0 aliphatic rings. The van der Waals surface area contributed by atoms with Crippen molar-refractivity contribution in [2.24, 2.45) is 0 Å². The third-order valence-corrected chi connectivity index (χ3v) is 5.88. The van der Waals surface area contributed by atoms with Gasteiger partial charge >= 0.3 is 5.97 Å². The molecule has 6 nitrogen and oxygen atoms in total. The summed E-state index contributed by atoms with van der Waals surface area (Å²) in [6.07, 6.45) is 0. The quantitative estimate of drug-likeness (QED) is 0.573. The van der Waals surface area contributed by atoms with Crippen LogP contribution in [0.3, 0.4) is 0 Å². The molecule has 0 saturated heterocycles. The van der Waals surface area contributed by atoms with Gasteiger partial charge in [-0.3, -0.25) is 4.79 Å². The van der Waals surface area contributed by atoms with Crippen molar-refractivity contribution >= 4 is 46.5 Å². The van der Waals surface area contributed by atoms with Crippen LogP contribution in [0.5, 0.6) is 0 Å². The smallest absolute Gasteiger partial charge is 0.341 e. The number of carboxylic acids is 1. The summed E-state index contributed by atoms with van der Waals surface area (Å²) in [6, 6.07) is 9.14. The summed E-state index contributed by atoms with van der Waals surface area (Å²) in [5, 5.41) is 12.4. The SMILES string of the molecule is CCn1c(C)c(-c2ccc(Cl)c([NH+]=O)c2)c(=O)c(C(=O)O)c1-c1ccc(Cl)c(Cl)c1. The summed E-state index contributed by atoms with van der Waals surface area (Å²) in [5.41, 5.74) is 0.776. The lowest BCUT2D eigenvalue weighted by atomic mass is 9.96. The molecule has 0 radical (unpaired) electrons. The summed E-state index contributed by atoms with van der Waals surface area (Å²) in [6.45, 7) is 3.93. The van der Waals surface area contributed by atoms with Gasteiger partial charge in [0, 0.05) is 39.5 Å². The highest BCUT2D eigenvalue weighted by atomic mass is 35.5. The second-order valence-corrected chi connectivity index (χ2v) is 7.71. The van der Waals surface area contributed by atoms with Gasteiger partial charge in [0.25, 0.3) is 5.69 Å². The van der Waals surface area contributed by atoms with Crippen LogP contribution in [-0.2, 0) is 6.54 Å². The second-order valence-electron chi connectivity index (χ2n) is 6.49. The Bertz CT molecular complexity index is 1250. The van der Waals surface area contributed by atoms with Crippen molar-refractivity contribution in [2.75, 3.05) is 0 Å². The normalized spacial score (nSPS) is 10.8. The maximum Gasteiger partial charge on any atom is 0.341 e. The van der Waals surface area contributed by atoms with Crippen LogP contribution in [0.4, 0.5) is 5.69 Å². The van der Waals surface area contributed by atoms with E-state index in [0.29, 0.717) is 28.4 Å². The topological polar surface area (TPSA) is 90.3 Å². The number of aromatic nitrogens is 1. The van der Waals surface area contributed by atoms with Crippen molar-refractivity contribution in [3.05, 3.63) is 77.9 Å². The Kier molecular flexibility index (Phi) is 6.31. The molecule has 0 aliphatic heterocycles. The number of carbonyl (C=O) groups is 1. The van der Waals surface area contributed by atoms with Gasteiger partial charge in [-0.2, -0.15) is 0 Å². The molecular formula is C21H16Cl3N2O4+. The largest absolute Gasteiger partial charge is 0.477 e. The maximum atomic E-state index is 13.3. The molecule has 30 heavy (non-hydrogen) atoms. The molecule has 0 aliphatic carbocycles. The number of rotatable bonds is 5. The zero-order chi connectivity index (χ0) is 22.2. The molecule has 0 atom stereocenters. The van der Waals surface area contributed by atoms with E-state index < -0.39 is 17.0 Å². The van der Waals surface area contributed by atoms with Crippen LogP contribution in [-0.4, -0.2) is 15.6 Å². The van der Waals surface area contributed by atoms with Gasteiger partial charge in [0.2, 0.25) is 5.43 Å².